The predicted molar refractivity (Wildman–Crippen MR) is 56.0 cm³/mol. The van der Waals surface area contributed by atoms with Crippen LogP contribution in [0.4, 0.5) is 13.2 Å². The molecule has 0 bridgehead atoms. The fraction of sp³-hybridized carbons (Fsp3) is 0.167. The number of hydrogen-bond donors (Lipinski definition) is 1. The second kappa shape index (κ2) is 3.70. The molecule has 84 valence electrons. The number of halogens is 3. The van der Waals surface area contributed by atoms with E-state index in [4.69, 9.17) is 0 Å². The van der Waals surface area contributed by atoms with Crippen LogP contribution in [0.2, 0.25) is 0 Å². The summed E-state index contributed by atoms with van der Waals surface area (Å²) in [6.45, 7) is 1.78. The maximum absolute atomic E-state index is 12.8. The predicted octanol–water partition coefficient (Wildman–Crippen LogP) is 4.01. The third-order valence-electron chi connectivity index (χ3n) is 2.46. The highest BCUT2D eigenvalue weighted by atomic mass is 19.4. The van der Waals surface area contributed by atoms with Crippen molar-refractivity contribution in [3.63, 3.8) is 0 Å². The molecule has 0 aliphatic heterocycles. The van der Waals surface area contributed by atoms with Gasteiger partial charge in [0.25, 0.3) is 0 Å². The van der Waals surface area contributed by atoms with Gasteiger partial charge in [-0.25, -0.2) is 0 Å². The number of alkyl halides is 3. The van der Waals surface area contributed by atoms with Crippen LogP contribution in [-0.2, 0) is 6.18 Å². The number of hydrogen-bond acceptors (Lipinski definition) is 0. The molecule has 4 heteroatoms. The Morgan fingerprint density at radius 1 is 1.06 bits per heavy atom. The molecule has 1 aromatic carbocycles. The summed E-state index contributed by atoms with van der Waals surface area (Å²) in [5, 5.41) is 0. The van der Waals surface area contributed by atoms with Crippen LogP contribution in [0, 0.1) is 6.92 Å². The monoisotopic (exact) mass is 225 g/mol. The summed E-state index contributed by atoms with van der Waals surface area (Å²) in [4.78, 5) is 2.83. The van der Waals surface area contributed by atoms with Crippen LogP contribution in [0.15, 0.2) is 36.5 Å². The highest BCUT2D eigenvalue weighted by Gasteiger charge is 2.33. The number of aryl methyl sites for hydroxylation is 1. The van der Waals surface area contributed by atoms with Gasteiger partial charge in [-0.3, -0.25) is 0 Å². The summed E-state index contributed by atoms with van der Waals surface area (Å²) in [5.41, 5.74) is 0.905. The Morgan fingerprint density at radius 2 is 1.75 bits per heavy atom. The molecule has 0 unspecified atom stereocenters. The van der Waals surface area contributed by atoms with Crippen LogP contribution in [0.5, 0.6) is 0 Å². The van der Waals surface area contributed by atoms with E-state index in [9.17, 15) is 13.2 Å². The molecule has 0 amide bonds. The van der Waals surface area contributed by atoms with Crippen LogP contribution >= 0.6 is 0 Å². The van der Waals surface area contributed by atoms with Gasteiger partial charge < -0.3 is 4.98 Å². The molecule has 1 aromatic heterocycles. The van der Waals surface area contributed by atoms with Gasteiger partial charge in [0.2, 0.25) is 0 Å². The van der Waals surface area contributed by atoms with Crippen molar-refractivity contribution in [1.82, 2.24) is 4.98 Å². The molecule has 16 heavy (non-hydrogen) atoms. The molecule has 1 heterocycles. The van der Waals surface area contributed by atoms with Gasteiger partial charge >= 0.3 is 6.18 Å². The second-order valence-electron chi connectivity index (χ2n) is 3.58. The van der Waals surface area contributed by atoms with Crippen molar-refractivity contribution in [2.75, 3.05) is 0 Å². The first-order valence-corrected chi connectivity index (χ1v) is 4.80. The zero-order valence-corrected chi connectivity index (χ0v) is 8.60. The summed E-state index contributed by atoms with van der Waals surface area (Å²) in [6.07, 6.45) is -2.69. The first-order valence-electron chi connectivity index (χ1n) is 4.80. The average molecular weight is 225 g/mol. The molecule has 0 saturated carbocycles. The lowest BCUT2D eigenvalue weighted by Crippen LogP contribution is -2.07. The standard InChI is InChI=1S/C12H10F3N/c1-8-6-7-16-11(8)9-4-2-3-5-10(9)12(13,14)15/h2-7,16H,1H3. The third kappa shape index (κ3) is 1.83. The number of benzene rings is 1. The van der Waals surface area contributed by atoms with Crippen LogP contribution < -0.4 is 0 Å². The summed E-state index contributed by atoms with van der Waals surface area (Å²) < 4.78 is 38.3. The normalized spacial score (nSPS) is 11.8. The summed E-state index contributed by atoms with van der Waals surface area (Å²) in [5.74, 6) is 0. The maximum Gasteiger partial charge on any atom is 0.417 e. The Labute approximate surface area is 90.9 Å². The van der Waals surface area contributed by atoms with E-state index in [0.29, 0.717) is 5.69 Å². The molecule has 0 spiro atoms. The van der Waals surface area contributed by atoms with Gasteiger partial charge in [-0.1, -0.05) is 18.2 Å². The zero-order chi connectivity index (χ0) is 11.8. The van der Waals surface area contributed by atoms with Crippen molar-refractivity contribution in [3.8, 4) is 11.3 Å². The molecule has 2 aromatic rings. The van der Waals surface area contributed by atoms with Crippen molar-refractivity contribution >= 4 is 0 Å². The van der Waals surface area contributed by atoms with Crippen LogP contribution in [0.25, 0.3) is 11.3 Å². The molecular weight excluding hydrogens is 215 g/mol. The molecule has 0 saturated heterocycles. The molecule has 2 rings (SSSR count). The minimum Gasteiger partial charge on any atom is -0.361 e. The minimum atomic E-state index is -4.33. The van der Waals surface area contributed by atoms with Crippen molar-refractivity contribution in [2.24, 2.45) is 0 Å². The zero-order valence-electron chi connectivity index (χ0n) is 8.60. The molecule has 0 atom stereocenters. The molecule has 0 radical (unpaired) electrons. The van der Waals surface area contributed by atoms with E-state index in [2.05, 4.69) is 4.98 Å². The van der Waals surface area contributed by atoms with E-state index in [1.165, 1.54) is 12.1 Å². The lowest BCUT2D eigenvalue weighted by atomic mass is 10.0. The van der Waals surface area contributed by atoms with Crippen molar-refractivity contribution in [2.45, 2.75) is 13.1 Å². The quantitative estimate of drug-likeness (QED) is 0.754. The van der Waals surface area contributed by atoms with E-state index in [1.54, 1.807) is 25.3 Å². The van der Waals surface area contributed by atoms with Crippen molar-refractivity contribution in [1.29, 1.82) is 0 Å². The molecule has 0 fully saturated rings. The van der Waals surface area contributed by atoms with E-state index < -0.39 is 11.7 Å². The number of H-pyrrole nitrogens is 1. The smallest absolute Gasteiger partial charge is 0.361 e. The third-order valence-corrected chi connectivity index (χ3v) is 2.46. The van der Waals surface area contributed by atoms with Crippen LogP contribution in [-0.4, -0.2) is 4.98 Å². The van der Waals surface area contributed by atoms with Crippen molar-refractivity contribution < 1.29 is 13.2 Å². The second-order valence-corrected chi connectivity index (χ2v) is 3.58. The Morgan fingerprint density at radius 3 is 2.31 bits per heavy atom. The first kappa shape index (κ1) is 10.8. The number of rotatable bonds is 1. The Balaban J connectivity index is 2.62. The molecule has 0 aliphatic rings. The van der Waals surface area contributed by atoms with E-state index in [-0.39, 0.29) is 5.56 Å². The van der Waals surface area contributed by atoms with Crippen LogP contribution in [0.1, 0.15) is 11.1 Å². The van der Waals surface area contributed by atoms with Crippen molar-refractivity contribution in [3.05, 3.63) is 47.7 Å². The lowest BCUT2D eigenvalue weighted by Gasteiger charge is -2.12. The van der Waals surface area contributed by atoms with E-state index in [1.807, 2.05) is 0 Å². The number of aromatic amines is 1. The van der Waals surface area contributed by atoms with Gasteiger partial charge in [-0.05, 0) is 24.6 Å². The number of aromatic nitrogens is 1. The van der Waals surface area contributed by atoms with E-state index >= 15 is 0 Å². The summed E-state index contributed by atoms with van der Waals surface area (Å²) in [6, 6.07) is 7.31. The maximum atomic E-state index is 12.8. The Bertz CT molecular complexity index is 497. The summed E-state index contributed by atoms with van der Waals surface area (Å²) in [7, 11) is 0. The fourth-order valence-corrected chi connectivity index (χ4v) is 1.69. The lowest BCUT2D eigenvalue weighted by molar-refractivity contribution is -0.137. The van der Waals surface area contributed by atoms with Gasteiger partial charge in [-0.15, -0.1) is 0 Å². The molecule has 0 aliphatic carbocycles. The molecular formula is C12H10F3N. The van der Waals surface area contributed by atoms with Gasteiger partial charge in [0.1, 0.15) is 0 Å². The topological polar surface area (TPSA) is 15.8 Å². The van der Waals surface area contributed by atoms with Gasteiger partial charge in [0.15, 0.2) is 0 Å². The fourth-order valence-electron chi connectivity index (χ4n) is 1.69. The first-order chi connectivity index (χ1) is 7.50. The minimum absolute atomic E-state index is 0.192. The largest absolute Gasteiger partial charge is 0.417 e. The summed E-state index contributed by atoms with van der Waals surface area (Å²) >= 11 is 0. The average Bonchev–Trinajstić information content (AvgIpc) is 2.63. The molecule has 1 N–H and O–H groups in total. The molecule has 1 nitrogen and oxygen atoms in total. The highest BCUT2D eigenvalue weighted by Crippen LogP contribution is 2.37. The van der Waals surface area contributed by atoms with Crippen LogP contribution in [0.3, 0.4) is 0 Å². The SMILES string of the molecule is Cc1cc[nH]c1-c1ccccc1C(F)(F)F. The Hall–Kier alpha value is -1.71. The van der Waals surface area contributed by atoms with E-state index in [0.717, 1.165) is 11.6 Å². The highest BCUT2D eigenvalue weighted by molar-refractivity contribution is 5.67. The Kier molecular flexibility index (Phi) is 2.50. The number of nitrogens with one attached hydrogen (secondary N) is 1. The van der Waals surface area contributed by atoms with Gasteiger partial charge in [0.05, 0.1) is 5.56 Å². The van der Waals surface area contributed by atoms with Gasteiger partial charge in [0, 0.05) is 17.5 Å². The van der Waals surface area contributed by atoms with Gasteiger partial charge in [-0.2, -0.15) is 13.2 Å².